The van der Waals surface area contributed by atoms with Gasteiger partial charge < -0.3 is 25.5 Å². The van der Waals surface area contributed by atoms with E-state index in [2.05, 4.69) is 15.3 Å². The number of esters is 2. The van der Waals surface area contributed by atoms with Crippen LogP contribution in [0.3, 0.4) is 0 Å². The zero-order valence-corrected chi connectivity index (χ0v) is 23.6. The number of aromatic nitrogens is 2. The van der Waals surface area contributed by atoms with Crippen molar-refractivity contribution < 1.29 is 23.9 Å². The van der Waals surface area contributed by atoms with Crippen molar-refractivity contribution >= 4 is 46.6 Å². The fraction of sp³-hybridized carbons (Fsp3) is 0.226. The molecule has 10 nitrogen and oxygen atoms in total. The number of hydrogen-bond donors (Lipinski definition) is 3. The maximum absolute atomic E-state index is 13.9. The third-order valence-corrected chi connectivity index (χ3v) is 8.53. The Morgan fingerprint density at radius 1 is 1.10 bits per heavy atom. The van der Waals surface area contributed by atoms with Gasteiger partial charge in [-0.15, -0.1) is 11.8 Å². The van der Waals surface area contributed by atoms with Crippen LogP contribution in [0.1, 0.15) is 29.7 Å². The van der Waals surface area contributed by atoms with Gasteiger partial charge >= 0.3 is 11.9 Å². The third kappa shape index (κ3) is 5.36. The summed E-state index contributed by atoms with van der Waals surface area (Å²) in [6.07, 6.45) is -0.699. The number of carbonyl (C=O) groups is 3. The van der Waals surface area contributed by atoms with E-state index in [1.165, 1.54) is 23.6 Å². The minimum absolute atomic E-state index is 0.108. The van der Waals surface area contributed by atoms with Gasteiger partial charge in [0.15, 0.2) is 6.10 Å². The fourth-order valence-corrected chi connectivity index (χ4v) is 6.45. The van der Waals surface area contributed by atoms with E-state index in [1.807, 2.05) is 78.9 Å². The zero-order valence-electron chi connectivity index (χ0n) is 22.8. The molecule has 1 fully saturated rings. The molecule has 1 aromatic heterocycles. The van der Waals surface area contributed by atoms with Crippen molar-refractivity contribution in [1.29, 1.82) is 0 Å². The normalized spacial score (nSPS) is 18.1. The van der Waals surface area contributed by atoms with Crippen molar-refractivity contribution in [2.24, 2.45) is 5.73 Å². The van der Waals surface area contributed by atoms with Crippen LogP contribution in [-0.4, -0.2) is 56.5 Å². The van der Waals surface area contributed by atoms with Crippen molar-refractivity contribution in [3.05, 3.63) is 107 Å². The number of β-lactam (4-membered cyclic amide) rings is 1. The lowest BCUT2D eigenvalue weighted by Crippen LogP contribution is -2.68. The van der Waals surface area contributed by atoms with Gasteiger partial charge in [0.25, 0.3) is 5.91 Å². The summed E-state index contributed by atoms with van der Waals surface area (Å²) in [5, 5.41) is 2.81. The van der Waals surface area contributed by atoms with Crippen LogP contribution in [0.2, 0.25) is 0 Å². The molecule has 11 heteroatoms. The Bertz CT molecular complexity index is 1630. The molecular weight excluding hydrogens is 554 g/mol. The molecule has 0 bridgehead atoms. The van der Waals surface area contributed by atoms with Crippen LogP contribution in [0.4, 0.5) is 5.95 Å². The molecule has 2 atom stereocenters. The molecular formula is C31H29N5O5S. The van der Waals surface area contributed by atoms with E-state index < -0.39 is 24.1 Å². The van der Waals surface area contributed by atoms with E-state index in [-0.39, 0.29) is 23.6 Å². The number of nitrogens with two attached hydrogens (primary N) is 1. The molecule has 4 aromatic rings. The first-order chi connectivity index (χ1) is 20.4. The Morgan fingerprint density at radius 2 is 1.79 bits per heavy atom. The summed E-state index contributed by atoms with van der Waals surface area (Å²) in [5.41, 5.74) is 10.5. The lowest BCUT2D eigenvalue weighted by Gasteiger charge is -2.49. The third-order valence-electron chi connectivity index (χ3n) is 7.19. The first-order valence-electron chi connectivity index (χ1n) is 13.5. The average molecular weight is 584 g/mol. The van der Waals surface area contributed by atoms with Gasteiger partial charge in [-0.1, -0.05) is 66.7 Å². The number of nitrogens with zero attached hydrogens (tertiary/aromatic N) is 2. The van der Waals surface area contributed by atoms with Crippen LogP contribution >= 0.6 is 11.8 Å². The predicted molar refractivity (Wildman–Crippen MR) is 159 cm³/mol. The number of benzene rings is 3. The van der Waals surface area contributed by atoms with Crippen LogP contribution in [0.5, 0.6) is 0 Å². The maximum atomic E-state index is 13.9. The Kier molecular flexibility index (Phi) is 7.68. The second-order valence-corrected chi connectivity index (χ2v) is 11.1. The number of anilines is 1. The van der Waals surface area contributed by atoms with E-state index in [0.29, 0.717) is 23.8 Å². The van der Waals surface area contributed by atoms with Gasteiger partial charge in [0.2, 0.25) is 5.95 Å². The number of imidazole rings is 1. The van der Waals surface area contributed by atoms with E-state index in [1.54, 1.807) is 0 Å². The van der Waals surface area contributed by atoms with Crippen molar-refractivity contribution in [2.45, 2.75) is 31.0 Å². The number of amides is 1. The maximum Gasteiger partial charge on any atom is 0.356 e. The lowest BCUT2D eigenvalue weighted by atomic mass is 10.0. The highest BCUT2D eigenvalue weighted by molar-refractivity contribution is 8.00. The van der Waals surface area contributed by atoms with Gasteiger partial charge in [0, 0.05) is 24.8 Å². The van der Waals surface area contributed by atoms with E-state index in [4.69, 9.17) is 15.2 Å². The monoisotopic (exact) mass is 583 g/mol. The van der Waals surface area contributed by atoms with E-state index in [9.17, 15) is 14.4 Å². The summed E-state index contributed by atoms with van der Waals surface area (Å²) in [4.78, 5) is 48.3. The van der Waals surface area contributed by atoms with Crippen LogP contribution in [-0.2, 0) is 30.4 Å². The summed E-state index contributed by atoms with van der Waals surface area (Å²) in [6, 6.07) is 23.9. The van der Waals surface area contributed by atoms with Gasteiger partial charge in [0.1, 0.15) is 23.7 Å². The molecule has 4 N–H and O–H groups in total. The molecule has 1 saturated heterocycles. The summed E-state index contributed by atoms with van der Waals surface area (Å²) in [5.74, 6) is -0.620. The Hall–Kier alpha value is -4.61. The second kappa shape index (κ2) is 11.7. The number of aromatic amines is 1. The number of nitrogens with one attached hydrogen (secondary N) is 2. The van der Waals surface area contributed by atoms with Gasteiger partial charge in [0.05, 0.1) is 11.0 Å². The van der Waals surface area contributed by atoms with Gasteiger partial charge in [-0.25, -0.2) is 9.78 Å². The lowest BCUT2D eigenvalue weighted by molar-refractivity contribution is -0.152. The van der Waals surface area contributed by atoms with E-state index in [0.717, 1.165) is 27.7 Å². The molecule has 0 saturated carbocycles. The van der Waals surface area contributed by atoms with E-state index >= 15 is 0 Å². The van der Waals surface area contributed by atoms with Gasteiger partial charge in [-0.3, -0.25) is 14.5 Å². The van der Waals surface area contributed by atoms with Crippen molar-refractivity contribution in [1.82, 2.24) is 14.9 Å². The second-order valence-electron chi connectivity index (χ2n) is 10.0. The largest absolute Gasteiger partial charge is 0.461 e. The molecule has 3 aromatic carbocycles. The van der Waals surface area contributed by atoms with Crippen molar-refractivity contribution in [3.8, 4) is 0 Å². The Labute approximate surface area is 246 Å². The molecule has 214 valence electrons. The highest BCUT2D eigenvalue weighted by atomic mass is 32.2. The number of rotatable bonds is 9. The molecule has 2 aliphatic rings. The summed E-state index contributed by atoms with van der Waals surface area (Å²) < 4.78 is 11.4. The first kappa shape index (κ1) is 27.6. The van der Waals surface area contributed by atoms with Crippen LogP contribution < -0.4 is 11.1 Å². The fourth-order valence-electron chi connectivity index (χ4n) is 5.12. The van der Waals surface area contributed by atoms with Gasteiger partial charge in [-0.2, -0.15) is 0 Å². The topological polar surface area (TPSA) is 140 Å². The molecule has 0 unspecified atom stereocenters. The molecule has 0 aliphatic carbocycles. The quantitative estimate of drug-likeness (QED) is 0.198. The number of fused-ring (bicyclic) bond motifs is 2. The summed E-state index contributed by atoms with van der Waals surface area (Å²) >= 11 is 1.48. The van der Waals surface area contributed by atoms with Crippen LogP contribution in [0.25, 0.3) is 11.0 Å². The van der Waals surface area contributed by atoms with Crippen LogP contribution in [0, 0.1) is 0 Å². The predicted octanol–water partition coefficient (Wildman–Crippen LogP) is 3.87. The Balaban J connectivity index is 1.28. The van der Waals surface area contributed by atoms with Crippen LogP contribution in [0.15, 0.2) is 90.1 Å². The Morgan fingerprint density at radius 3 is 2.43 bits per heavy atom. The minimum Gasteiger partial charge on any atom is -0.461 e. The highest BCUT2D eigenvalue weighted by Gasteiger charge is 2.54. The number of hydrogen-bond acceptors (Lipinski definition) is 9. The summed E-state index contributed by atoms with van der Waals surface area (Å²) in [7, 11) is 0. The molecule has 6 rings (SSSR count). The number of ether oxygens (including phenoxy) is 2. The molecule has 0 spiro atoms. The highest BCUT2D eigenvalue weighted by Crippen LogP contribution is 2.42. The zero-order chi connectivity index (χ0) is 29.2. The molecule has 3 heterocycles. The average Bonchev–Trinajstić information content (AvgIpc) is 3.43. The molecule has 0 radical (unpaired) electrons. The van der Waals surface area contributed by atoms with Gasteiger partial charge in [-0.05, 0) is 28.8 Å². The first-order valence-corrected chi connectivity index (χ1v) is 14.5. The summed E-state index contributed by atoms with van der Waals surface area (Å²) in [6.45, 7) is 1.59. The molecule has 1 amide bonds. The smallest absolute Gasteiger partial charge is 0.356 e. The number of H-pyrrole nitrogens is 1. The number of carbonyl (C=O) groups excluding carboxylic acids is 3. The molecule has 2 aliphatic heterocycles. The van der Waals surface area contributed by atoms with Crippen molar-refractivity contribution in [3.63, 3.8) is 0 Å². The SMILES string of the molecule is CC(=O)OCC1=C(C(=O)OC(c2ccccc2)c2ccccc2)N2C(=O)[C@@H](Nc3nc4ccc(CN)cc4[nH]3)[C@H]2SC1. The number of thioether (sulfide) groups is 1. The minimum atomic E-state index is -0.699. The standard InChI is InChI=1S/C31H29N5O5S/c1-18(37)40-16-22-17-42-29-25(35-31-33-23-13-12-19(15-32)14-24(23)34-31)28(38)36(29)26(22)30(39)41-27(20-8-4-2-5-9-20)21-10-6-3-7-11-21/h2-14,25,27,29H,15-17,32H2,1H3,(H2,33,34,35)/t25-,29-/m1/s1. The van der Waals surface area contributed by atoms with Crippen molar-refractivity contribution in [2.75, 3.05) is 17.7 Å². The molecule has 42 heavy (non-hydrogen) atoms.